The molecule has 1 N–H and O–H groups in total. The lowest BCUT2D eigenvalue weighted by Crippen LogP contribution is -2.45. The standard InChI is InChI=1S/C32H43N5O2/c1-4-6-8-27(5-2)36-17-13-25(14-18-36)22-34-15-7-16-35(20-19-34)28-9-10-29-26(21-28)23-37(32(29)39)30-11-12-31(38)33-24(30)3/h4-6,8-10,21,25,30H,1,3,7,11-20,22-23H2,2H3,(H,33,38)/b8-6-,27-5+/t30-/m0/s1. The number of nitrogens with one attached hydrogen (secondary N) is 1. The minimum atomic E-state index is -0.127. The van der Waals surface area contributed by atoms with Gasteiger partial charge in [0.05, 0.1) is 6.04 Å². The topological polar surface area (TPSA) is 59.1 Å². The Labute approximate surface area is 233 Å². The Morgan fingerprint density at radius 2 is 1.90 bits per heavy atom. The number of carbonyl (C=O) groups is 2. The number of likely N-dealkylation sites (tertiary alicyclic amines) is 1. The molecule has 3 fully saturated rings. The summed E-state index contributed by atoms with van der Waals surface area (Å²) >= 11 is 0. The summed E-state index contributed by atoms with van der Waals surface area (Å²) in [7, 11) is 0. The van der Waals surface area contributed by atoms with Crippen molar-refractivity contribution in [2.75, 3.05) is 50.7 Å². The van der Waals surface area contributed by atoms with Gasteiger partial charge in [-0.25, -0.2) is 0 Å². The molecule has 7 heteroatoms. The maximum atomic E-state index is 13.2. The summed E-state index contributed by atoms with van der Waals surface area (Å²) in [5.74, 6) is 0.790. The Hall–Kier alpha value is -3.32. The molecule has 0 saturated carbocycles. The van der Waals surface area contributed by atoms with E-state index in [1.54, 1.807) is 0 Å². The van der Waals surface area contributed by atoms with Crippen LogP contribution in [0.25, 0.3) is 0 Å². The fourth-order valence-electron chi connectivity index (χ4n) is 6.59. The van der Waals surface area contributed by atoms with E-state index in [9.17, 15) is 9.59 Å². The monoisotopic (exact) mass is 529 g/mol. The first-order valence-corrected chi connectivity index (χ1v) is 14.6. The number of allylic oxidation sites excluding steroid dienone is 4. The Balaban J connectivity index is 1.14. The number of hydrogen-bond donors (Lipinski definition) is 1. The minimum Gasteiger partial charge on any atom is -0.372 e. The van der Waals surface area contributed by atoms with Crippen LogP contribution in [0.5, 0.6) is 0 Å². The first-order chi connectivity index (χ1) is 19.0. The van der Waals surface area contributed by atoms with Crippen LogP contribution >= 0.6 is 0 Å². The molecule has 0 aromatic heterocycles. The Morgan fingerprint density at radius 3 is 2.64 bits per heavy atom. The molecule has 1 aromatic rings. The van der Waals surface area contributed by atoms with E-state index >= 15 is 0 Å². The first-order valence-electron chi connectivity index (χ1n) is 14.6. The van der Waals surface area contributed by atoms with Crippen molar-refractivity contribution in [2.45, 2.75) is 51.6 Å². The van der Waals surface area contributed by atoms with E-state index in [1.165, 1.54) is 30.8 Å². The molecule has 0 bridgehead atoms. The predicted octanol–water partition coefficient (Wildman–Crippen LogP) is 4.30. The fourth-order valence-corrected chi connectivity index (χ4v) is 6.59. The predicted molar refractivity (Wildman–Crippen MR) is 157 cm³/mol. The molecule has 208 valence electrons. The molecule has 3 saturated heterocycles. The normalized spacial score (nSPS) is 23.8. The lowest BCUT2D eigenvalue weighted by atomic mass is 9.95. The van der Waals surface area contributed by atoms with Crippen LogP contribution in [0.15, 0.2) is 67.1 Å². The van der Waals surface area contributed by atoms with Gasteiger partial charge in [-0.2, -0.15) is 0 Å². The van der Waals surface area contributed by atoms with Crippen molar-refractivity contribution in [3.05, 3.63) is 78.2 Å². The van der Waals surface area contributed by atoms with E-state index in [1.807, 2.05) is 23.1 Å². The molecule has 39 heavy (non-hydrogen) atoms. The number of anilines is 1. The molecule has 4 aliphatic rings. The summed E-state index contributed by atoms with van der Waals surface area (Å²) in [6, 6.07) is 6.19. The number of rotatable bonds is 7. The highest BCUT2D eigenvalue weighted by Crippen LogP contribution is 2.32. The highest BCUT2D eigenvalue weighted by molar-refractivity contribution is 5.99. The Morgan fingerprint density at radius 1 is 1.08 bits per heavy atom. The molecule has 0 radical (unpaired) electrons. The van der Waals surface area contributed by atoms with E-state index in [4.69, 9.17) is 0 Å². The van der Waals surface area contributed by atoms with Crippen LogP contribution in [0.2, 0.25) is 0 Å². The smallest absolute Gasteiger partial charge is 0.255 e. The molecule has 7 nitrogen and oxygen atoms in total. The zero-order valence-corrected chi connectivity index (χ0v) is 23.4. The van der Waals surface area contributed by atoms with E-state index < -0.39 is 0 Å². The molecule has 1 aromatic carbocycles. The van der Waals surface area contributed by atoms with Crippen LogP contribution in [0, 0.1) is 5.92 Å². The second-order valence-electron chi connectivity index (χ2n) is 11.3. The van der Waals surface area contributed by atoms with Gasteiger partial charge < -0.3 is 24.9 Å². The first kappa shape index (κ1) is 27.3. The number of benzene rings is 1. The number of nitrogens with zero attached hydrogens (tertiary/aromatic N) is 4. The largest absolute Gasteiger partial charge is 0.372 e. The average molecular weight is 530 g/mol. The maximum Gasteiger partial charge on any atom is 0.255 e. The maximum absolute atomic E-state index is 13.2. The van der Waals surface area contributed by atoms with Crippen LogP contribution in [-0.4, -0.2) is 78.4 Å². The molecule has 5 rings (SSSR count). The SMILES string of the molecule is C=C/C=C\C(=C/C)N1CCC(CN2CCCN(c3ccc4c(c3)CN([C@H]3CCC(=O)NC3=C)C4=O)CC2)CC1. The van der Waals surface area contributed by atoms with Crippen molar-refractivity contribution < 1.29 is 9.59 Å². The van der Waals surface area contributed by atoms with E-state index in [0.29, 0.717) is 25.1 Å². The van der Waals surface area contributed by atoms with Gasteiger partial charge in [0.25, 0.3) is 5.91 Å². The molecule has 0 unspecified atom stereocenters. The molecular formula is C32H43N5O2. The molecule has 2 amide bonds. The van der Waals surface area contributed by atoms with E-state index in [2.05, 4.69) is 64.4 Å². The van der Waals surface area contributed by atoms with Crippen molar-refractivity contribution >= 4 is 17.5 Å². The quantitative estimate of drug-likeness (QED) is 0.534. The van der Waals surface area contributed by atoms with Crippen molar-refractivity contribution in [1.82, 2.24) is 20.0 Å². The fraction of sp³-hybridized carbons (Fsp3) is 0.500. The Bertz CT molecular complexity index is 1160. The molecule has 0 aliphatic carbocycles. The number of amides is 2. The van der Waals surface area contributed by atoms with Gasteiger partial charge in [0, 0.05) is 74.9 Å². The average Bonchev–Trinajstić information content (AvgIpc) is 3.09. The molecule has 0 spiro atoms. The summed E-state index contributed by atoms with van der Waals surface area (Å²) in [4.78, 5) is 34.4. The van der Waals surface area contributed by atoms with Gasteiger partial charge in [-0.3, -0.25) is 9.59 Å². The van der Waals surface area contributed by atoms with Gasteiger partial charge in [-0.1, -0.05) is 31.4 Å². The van der Waals surface area contributed by atoms with Crippen LogP contribution in [0.3, 0.4) is 0 Å². The molecule has 4 heterocycles. The van der Waals surface area contributed by atoms with Crippen molar-refractivity contribution in [2.24, 2.45) is 5.92 Å². The molecule has 4 aliphatic heterocycles. The third-order valence-electron chi connectivity index (χ3n) is 8.79. The van der Waals surface area contributed by atoms with Gasteiger partial charge in [0.15, 0.2) is 0 Å². The number of fused-ring (bicyclic) bond motifs is 1. The van der Waals surface area contributed by atoms with Crippen LogP contribution < -0.4 is 10.2 Å². The second-order valence-corrected chi connectivity index (χ2v) is 11.3. The Kier molecular flexibility index (Phi) is 8.56. The van der Waals surface area contributed by atoms with Crippen molar-refractivity contribution in [3.8, 4) is 0 Å². The highest BCUT2D eigenvalue weighted by atomic mass is 16.2. The van der Waals surface area contributed by atoms with Crippen LogP contribution in [-0.2, 0) is 11.3 Å². The molecular weight excluding hydrogens is 486 g/mol. The summed E-state index contributed by atoms with van der Waals surface area (Å²) in [6.45, 7) is 18.2. The zero-order chi connectivity index (χ0) is 27.4. The van der Waals surface area contributed by atoms with Crippen LogP contribution in [0.4, 0.5) is 5.69 Å². The highest BCUT2D eigenvalue weighted by Gasteiger charge is 2.36. The van der Waals surface area contributed by atoms with E-state index in [-0.39, 0.29) is 17.9 Å². The van der Waals surface area contributed by atoms with E-state index in [0.717, 1.165) is 62.7 Å². The van der Waals surface area contributed by atoms with Gasteiger partial charge in [0.2, 0.25) is 5.91 Å². The zero-order valence-electron chi connectivity index (χ0n) is 23.4. The van der Waals surface area contributed by atoms with Gasteiger partial charge >= 0.3 is 0 Å². The lowest BCUT2D eigenvalue weighted by Gasteiger charge is -2.36. The lowest BCUT2D eigenvalue weighted by molar-refractivity contribution is -0.121. The third kappa shape index (κ3) is 6.14. The van der Waals surface area contributed by atoms with Gasteiger partial charge in [-0.15, -0.1) is 0 Å². The summed E-state index contributed by atoms with van der Waals surface area (Å²) < 4.78 is 0. The summed E-state index contributed by atoms with van der Waals surface area (Å²) in [5, 5.41) is 2.82. The van der Waals surface area contributed by atoms with Gasteiger partial charge in [-0.05, 0) is 74.9 Å². The minimum absolute atomic E-state index is 0.0113. The van der Waals surface area contributed by atoms with Gasteiger partial charge in [0.1, 0.15) is 0 Å². The third-order valence-corrected chi connectivity index (χ3v) is 8.79. The van der Waals surface area contributed by atoms with Crippen molar-refractivity contribution in [1.29, 1.82) is 0 Å². The van der Waals surface area contributed by atoms with Crippen molar-refractivity contribution in [3.63, 3.8) is 0 Å². The molecule has 1 atom stereocenters. The second kappa shape index (κ2) is 12.2. The summed E-state index contributed by atoms with van der Waals surface area (Å²) in [5.41, 5.74) is 5.01. The number of piperidine rings is 2. The summed E-state index contributed by atoms with van der Waals surface area (Å²) in [6.07, 6.45) is 12.9. The van der Waals surface area contributed by atoms with Crippen LogP contribution in [0.1, 0.15) is 54.9 Å². The number of carbonyl (C=O) groups excluding carboxylic acids is 2. The number of hydrogen-bond acceptors (Lipinski definition) is 5.